The van der Waals surface area contributed by atoms with Gasteiger partial charge in [0.25, 0.3) is 5.56 Å². The summed E-state index contributed by atoms with van der Waals surface area (Å²) in [4.78, 5) is 27.1. The van der Waals surface area contributed by atoms with Crippen LogP contribution in [0.4, 0.5) is 0 Å². The maximum atomic E-state index is 11.1. The van der Waals surface area contributed by atoms with E-state index in [-0.39, 0.29) is 11.2 Å². The number of fused-ring (bicyclic) bond motifs is 1. The van der Waals surface area contributed by atoms with E-state index in [9.17, 15) is 9.59 Å². The van der Waals surface area contributed by atoms with E-state index in [0.717, 1.165) is 0 Å². The van der Waals surface area contributed by atoms with Gasteiger partial charge in [-0.2, -0.15) is 5.21 Å². The van der Waals surface area contributed by atoms with Gasteiger partial charge < -0.3 is 5.11 Å². The fourth-order valence-corrected chi connectivity index (χ4v) is 0.857. The Morgan fingerprint density at radius 3 is 2.85 bits per heavy atom. The first kappa shape index (κ1) is 7.40. The summed E-state index contributed by atoms with van der Waals surface area (Å²) in [6.45, 7) is 0. The van der Waals surface area contributed by atoms with E-state index in [1.54, 1.807) is 0 Å². The quantitative estimate of drug-likeness (QED) is 0.504. The number of carboxylic acid groups (broad SMARTS) is 1. The Morgan fingerprint density at radius 2 is 2.15 bits per heavy atom. The summed E-state index contributed by atoms with van der Waals surface area (Å²) in [5.41, 5.74) is -0.651. The summed E-state index contributed by atoms with van der Waals surface area (Å²) < 4.78 is 0. The minimum Gasteiger partial charge on any atom is -0.475 e. The second-order valence-corrected chi connectivity index (χ2v) is 2.22. The summed E-state index contributed by atoms with van der Waals surface area (Å²) in [6, 6.07) is 0. The molecule has 0 aliphatic rings. The summed E-state index contributed by atoms with van der Waals surface area (Å²) in [7, 11) is 0. The highest BCUT2D eigenvalue weighted by Crippen LogP contribution is 1.96. The van der Waals surface area contributed by atoms with Crippen LogP contribution in [0, 0.1) is 0 Å². The smallest absolute Gasteiger partial charge is 0.372 e. The Hall–Kier alpha value is -2.25. The Morgan fingerprint density at radius 1 is 1.38 bits per heavy atom. The van der Waals surface area contributed by atoms with Gasteiger partial charge in [0.15, 0.2) is 5.52 Å². The zero-order valence-corrected chi connectivity index (χ0v) is 6.11. The zero-order chi connectivity index (χ0) is 9.42. The molecule has 0 bridgehead atoms. The average molecular weight is 181 g/mol. The van der Waals surface area contributed by atoms with Crippen molar-refractivity contribution in [2.24, 2.45) is 0 Å². The molecule has 0 radical (unpaired) electrons. The fraction of sp³-hybridized carbons (Fsp3) is 0. The number of aromatic amines is 2. The number of carbonyl (C=O) groups is 1. The van der Waals surface area contributed by atoms with E-state index in [4.69, 9.17) is 5.11 Å². The Kier molecular flexibility index (Phi) is 1.35. The van der Waals surface area contributed by atoms with E-state index < -0.39 is 17.4 Å². The molecule has 66 valence electrons. The molecule has 0 unspecified atom stereocenters. The highest BCUT2D eigenvalue weighted by molar-refractivity contribution is 5.85. The van der Waals surface area contributed by atoms with Crippen LogP contribution in [0.25, 0.3) is 11.2 Å². The van der Waals surface area contributed by atoms with Crippen molar-refractivity contribution in [3.8, 4) is 0 Å². The van der Waals surface area contributed by atoms with Crippen LogP contribution < -0.4 is 5.56 Å². The molecule has 8 nitrogen and oxygen atoms in total. The number of aromatic nitrogens is 5. The van der Waals surface area contributed by atoms with Gasteiger partial charge in [-0.25, -0.2) is 9.78 Å². The van der Waals surface area contributed by atoms with Gasteiger partial charge in [0.05, 0.1) is 0 Å². The first-order valence-electron chi connectivity index (χ1n) is 3.22. The van der Waals surface area contributed by atoms with E-state index in [1.807, 2.05) is 4.98 Å². The molecular formula is C5H3N5O3. The molecule has 0 aliphatic carbocycles. The van der Waals surface area contributed by atoms with Crippen LogP contribution in [0.15, 0.2) is 4.79 Å². The summed E-state index contributed by atoms with van der Waals surface area (Å²) >= 11 is 0. The highest BCUT2D eigenvalue weighted by Gasteiger charge is 2.11. The number of nitrogens with one attached hydrogen (secondary N) is 2. The second kappa shape index (κ2) is 2.37. The number of hydrogen-bond donors (Lipinski definition) is 3. The lowest BCUT2D eigenvalue weighted by Crippen LogP contribution is -2.15. The molecule has 2 rings (SSSR count). The molecule has 2 aromatic rings. The van der Waals surface area contributed by atoms with Gasteiger partial charge in [-0.1, -0.05) is 0 Å². The largest absolute Gasteiger partial charge is 0.475 e. The van der Waals surface area contributed by atoms with Gasteiger partial charge in [-0.3, -0.25) is 9.78 Å². The summed E-state index contributed by atoms with van der Waals surface area (Å²) in [5.74, 6) is -1.77. The molecule has 13 heavy (non-hydrogen) atoms. The molecule has 0 saturated heterocycles. The van der Waals surface area contributed by atoms with Crippen molar-refractivity contribution < 1.29 is 9.90 Å². The molecule has 2 aromatic heterocycles. The lowest BCUT2D eigenvalue weighted by molar-refractivity contribution is 0.0683. The lowest BCUT2D eigenvalue weighted by atomic mass is 10.5. The number of hydrogen-bond acceptors (Lipinski definition) is 5. The number of H-pyrrole nitrogens is 2. The lowest BCUT2D eigenvalue weighted by Gasteiger charge is -1.90. The Labute approximate surface area is 69.6 Å². The maximum absolute atomic E-state index is 11.1. The van der Waals surface area contributed by atoms with Gasteiger partial charge in [-0.15, -0.1) is 10.2 Å². The average Bonchev–Trinajstić information content (AvgIpc) is 2.51. The minimum atomic E-state index is -1.32. The van der Waals surface area contributed by atoms with Crippen molar-refractivity contribution >= 4 is 17.1 Å². The molecular weight excluding hydrogens is 178 g/mol. The zero-order valence-electron chi connectivity index (χ0n) is 6.11. The van der Waals surface area contributed by atoms with Gasteiger partial charge in [0, 0.05) is 0 Å². The summed E-state index contributed by atoms with van der Waals surface area (Å²) in [6.07, 6.45) is 0. The van der Waals surface area contributed by atoms with Crippen molar-refractivity contribution in [2.75, 3.05) is 0 Å². The second-order valence-electron chi connectivity index (χ2n) is 2.22. The van der Waals surface area contributed by atoms with Crippen molar-refractivity contribution in [3.63, 3.8) is 0 Å². The predicted molar refractivity (Wildman–Crippen MR) is 39.3 cm³/mol. The predicted octanol–water partition coefficient (Wildman–Crippen LogP) is -1.26. The van der Waals surface area contributed by atoms with Crippen LogP contribution >= 0.6 is 0 Å². The number of nitrogens with zero attached hydrogens (tertiary/aromatic N) is 3. The standard InChI is InChI=1S/C5H3N5O3/c11-4-1-2(9-10-8-1)6-3(7-4)5(12)13/h(H,12,13)(H2,6,7,8,9,10,11). The topological polar surface area (TPSA) is 125 Å². The molecule has 0 spiro atoms. The normalized spacial score (nSPS) is 10.5. The number of carboxylic acids is 1. The fourth-order valence-electron chi connectivity index (χ4n) is 0.857. The van der Waals surface area contributed by atoms with E-state index in [0.29, 0.717) is 0 Å². The third-order valence-corrected chi connectivity index (χ3v) is 1.40. The third-order valence-electron chi connectivity index (χ3n) is 1.40. The van der Waals surface area contributed by atoms with Crippen LogP contribution in [0.3, 0.4) is 0 Å². The van der Waals surface area contributed by atoms with Crippen LogP contribution in [0.1, 0.15) is 10.6 Å². The van der Waals surface area contributed by atoms with Crippen molar-refractivity contribution in [2.45, 2.75) is 0 Å². The Bertz CT molecular complexity index is 526. The van der Waals surface area contributed by atoms with Gasteiger partial charge in [-0.05, 0) is 0 Å². The molecule has 0 aromatic carbocycles. The number of rotatable bonds is 1. The van der Waals surface area contributed by atoms with Crippen LogP contribution in [0.2, 0.25) is 0 Å². The van der Waals surface area contributed by atoms with Crippen LogP contribution in [0.5, 0.6) is 0 Å². The molecule has 3 N–H and O–H groups in total. The van der Waals surface area contributed by atoms with E-state index in [2.05, 4.69) is 20.4 Å². The van der Waals surface area contributed by atoms with Crippen molar-refractivity contribution in [3.05, 3.63) is 16.2 Å². The Balaban J connectivity index is 2.85. The van der Waals surface area contributed by atoms with E-state index in [1.165, 1.54) is 0 Å². The maximum Gasteiger partial charge on any atom is 0.372 e. The van der Waals surface area contributed by atoms with Crippen molar-refractivity contribution in [1.29, 1.82) is 0 Å². The highest BCUT2D eigenvalue weighted by atomic mass is 16.4. The number of aromatic carboxylic acids is 1. The van der Waals surface area contributed by atoms with E-state index >= 15 is 0 Å². The van der Waals surface area contributed by atoms with Gasteiger partial charge in [0.1, 0.15) is 0 Å². The molecule has 8 heteroatoms. The molecule has 0 aliphatic heterocycles. The first-order chi connectivity index (χ1) is 6.18. The molecule has 0 fully saturated rings. The molecule has 2 heterocycles. The van der Waals surface area contributed by atoms with Crippen LogP contribution in [-0.2, 0) is 0 Å². The molecule has 0 saturated carbocycles. The third kappa shape index (κ3) is 1.04. The van der Waals surface area contributed by atoms with Gasteiger partial charge >= 0.3 is 5.97 Å². The van der Waals surface area contributed by atoms with Gasteiger partial charge in [0.2, 0.25) is 11.5 Å². The molecule has 0 atom stereocenters. The summed E-state index contributed by atoms with van der Waals surface area (Å²) in [5, 5.41) is 17.7. The van der Waals surface area contributed by atoms with Crippen molar-refractivity contribution in [1.82, 2.24) is 25.4 Å². The SMILES string of the molecule is O=C(O)c1nc2n[nH]nc2c(=O)[nH]1. The monoisotopic (exact) mass is 181 g/mol. The molecule has 0 amide bonds. The van der Waals surface area contributed by atoms with Crippen LogP contribution in [-0.4, -0.2) is 36.5 Å². The first-order valence-corrected chi connectivity index (χ1v) is 3.22. The minimum absolute atomic E-state index is 0.00926.